The van der Waals surface area contributed by atoms with Crippen molar-refractivity contribution in [2.24, 2.45) is 0 Å². The Kier molecular flexibility index (Phi) is 5.22. The van der Waals surface area contributed by atoms with Crippen LogP contribution in [0.2, 0.25) is 0 Å². The summed E-state index contributed by atoms with van der Waals surface area (Å²) < 4.78 is 0. The molecule has 0 heterocycles. The number of hydrogen-bond acceptors (Lipinski definition) is 3. The topological polar surface area (TPSA) is 49.4 Å². The Morgan fingerprint density at radius 2 is 1.78 bits per heavy atom. The van der Waals surface area contributed by atoms with Crippen LogP contribution in [0.3, 0.4) is 0 Å². The minimum Gasteiger partial charge on any atom is -0.348 e. The van der Waals surface area contributed by atoms with Gasteiger partial charge in [0.05, 0.1) is 5.25 Å². The lowest BCUT2D eigenvalue weighted by Crippen LogP contribution is -2.29. The summed E-state index contributed by atoms with van der Waals surface area (Å²) in [7, 11) is 3.50. The molecule has 0 radical (unpaired) electrons. The highest BCUT2D eigenvalue weighted by molar-refractivity contribution is 8.00. The lowest BCUT2D eigenvalue weighted by Gasteiger charge is -2.16. The van der Waals surface area contributed by atoms with Gasteiger partial charge in [-0.1, -0.05) is 0 Å². The second-order valence-electron chi connectivity index (χ2n) is 4.20. The number of thioether (sulfide) groups is 1. The molecule has 18 heavy (non-hydrogen) atoms. The van der Waals surface area contributed by atoms with Crippen molar-refractivity contribution < 1.29 is 9.59 Å². The molecule has 1 aromatic carbocycles. The van der Waals surface area contributed by atoms with Gasteiger partial charge in [0.1, 0.15) is 0 Å². The summed E-state index contributed by atoms with van der Waals surface area (Å²) in [6.45, 7) is 3.36. The number of carbonyl (C=O) groups is 2. The third-order valence-corrected chi connectivity index (χ3v) is 3.38. The van der Waals surface area contributed by atoms with Gasteiger partial charge >= 0.3 is 0 Å². The fraction of sp³-hybridized carbons (Fsp3) is 0.385. The first kappa shape index (κ1) is 14.6. The van der Waals surface area contributed by atoms with E-state index in [9.17, 15) is 9.59 Å². The van der Waals surface area contributed by atoms with E-state index in [0.29, 0.717) is 0 Å². The average molecular weight is 266 g/mol. The highest BCUT2D eigenvalue weighted by atomic mass is 32.2. The zero-order valence-electron chi connectivity index (χ0n) is 11.1. The van der Waals surface area contributed by atoms with Gasteiger partial charge in [-0.05, 0) is 31.2 Å². The van der Waals surface area contributed by atoms with Crippen LogP contribution in [-0.2, 0) is 9.59 Å². The first-order chi connectivity index (χ1) is 8.40. The van der Waals surface area contributed by atoms with Crippen LogP contribution in [0.4, 0.5) is 5.69 Å². The van der Waals surface area contributed by atoms with Gasteiger partial charge in [-0.3, -0.25) is 9.59 Å². The maximum atomic E-state index is 11.7. The van der Waals surface area contributed by atoms with Gasteiger partial charge in [0.15, 0.2) is 0 Å². The smallest absolute Gasteiger partial charge is 0.235 e. The van der Waals surface area contributed by atoms with E-state index in [1.165, 1.54) is 18.7 Å². The Morgan fingerprint density at radius 1 is 1.22 bits per heavy atom. The largest absolute Gasteiger partial charge is 0.348 e. The molecule has 0 aliphatic heterocycles. The molecule has 98 valence electrons. The molecule has 2 amide bonds. The number of carbonyl (C=O) groups excluding carboxylic acids is 2. The highest BCUT2D eigenvalue weighted by Crippen LogP contribution is 2.25. The molecule has 0 saturated carbocycles. The van der Waals surface area contributed by atoms with Gasteiger partial charge in [-0.15, -0.1) is 11.8 Å². The van der Waals surface area contributed by atoms with Crippen molar-refractivity contribution in [3.63, 3.8) is 0 Å². The Labute approximate surface area is 112 Å². The van der Waals surface area contributed by atoms with E-state index in [2.05, 4.69) is 5.32 Å². The van der Waals surface area contributed by atoms with Crippen molar-refractivity contribution >= 4 is 29.3 Å². The zero-order chi connectivity index (χ0) is 13.7. The maximum absolute atomic E-state index is 11.7. The lowest BCUT2D eigenvalue weighted by molar-refractivity contribution is -0.127. The average Bonchev–Trinajstić information content (AvgIpc) is 2.29. The van der Waals surface area contributed by atoms with Crippen molar-refractivity contribution in [1.29, 1.82) is 0 Å². The van der Waals surface area contributed by atoms with Crippen LogP contribution >= 0.6 is 11.8 Å². The van der Waals surface area contributed by atoms with E-state index in [1.807, 2.05) is 31.2 Å². The number of hydrogen-bond donors (Lipinski definition) is 1. The predicted molar refractivity (Wildman–Crippen MR) is 74.8 cm³/mol. The second kappa shape index (κ2) is 6.44. The molecule has 1 rings (SSSR count). The molecule has 5 heteroatoms. The van der Waals surface area contributed by atoms with Gasteiger partial charge < -0.3 is 10.2 Å². The summed E-state index contributed by atoms with van der Waals surface area (Å²) >= 11 is 1.50. The SMILES string of the molecule is CC(=O)Nc1ccc(S[C@H](C)C(=O)N(C)C)cc1. The number of anilines is 1. The van der Waals surface area contributed by atoms with Crippen molar-refractivity contribution in [2.75, 3.05) is 19.4 Å². The van der Waals surface area contributed by atoms with Crippen LogP contribution in [-0.4, -0.2) is 36.1 Å². The van der Waals surface area contributed by atoms with Crippen LogP contribution in [0, 0.1) is 0 Å². The van der Waals surface area contributed by atoms with Crippen LogP contribution < -0.4 is 5.32 Å². The van der Waals surface area contributed by atoms with Crippen LogP contribution in [0.25, 0.3) is 0 Å². The van der Waals surface area contributed by atoms with Gasteiger partial charge in [0.25, 0.3) is 0 Å². The van der Waals surface area contributed by atoms with Crippen molar-refractivity contribution in [1.82, 2.24) is 4.90 Å². The Bertz CT molecular complexity index is 429. The summed E-state index contributed by atoms with van der Waals surface area (Å²) in [6.07, 6.45) is 0. The molecule has 0 unspecified atom stereocenters. The minimum absolute atomic E-state index is 0.0888. The quantitative estimate of drug-likeness (QED) is 0.850. The summed E-state index contributed by atoms with van der Waals surface area (Å²) in [6, 6.07) is 7.46. The third kappa shape index (κ3) is 4.41. The zero-order valence-corrected chi connectivity index (χ0v) is 11.9. The van der Waals surface area contributed by atoms with Gasteiger partial charge in [0.2, 0.25) is 11.8 Å². The molecular formula is C13H18N2O2S. The summed E-state index contributed by atoms with van der Waals surface area (Å²) in [5, 5.41) is 2.58. The molecule has 0 spiro atoms. The molecule has 1 atom stereocenters. The highest BCUT2D eigenvalue weighted by Gasteiger charge is 2.15. The molecule has 0 fully saturated rings. The van der Waals surface area contributed by atoms with E-state index in [-0.39, 0.29) is 17.1 Å². The molecular weight excluding hydrogens is 248 g/mol. The van der Waals surface area contributed by atoms with Crippen molar-refractivity contribution in [3.8, 4) is 0 Å². The molecule has 0 saturated heterocycles. The van der Waals surface area contributed by atoms with E-state index in [0.717, 1.165) is 10.6 Å². The molecule has 0 aliphatic rings. The van der Waals surface area contributed by atoms with E-state index in [4.69, 9.17) is 0 Å². The Hall–Kier alpha value is -1.49. The predicted octanol–water partition coefficient (Wildman–Crippen LogP) is 2.21. The summed E-state index contributed by atoms with van der Waals surface area (Å²) in [4.78, 5) is 25.2. The lowest BCUT2D eigenvalue weighted by atomic mass is 10.3. The molecule has 4 nitrogen and oxygen atoms in total. The minimum atomic E-state index is -0.119. The summed E-state index contributed by atoms with van der Waals surface area (Å²) in [5.41, 5.74) is 0.762. The Balaban J connectivity index is 2.63. The number of nitrogens with one attached hydrogen (secondary N) is 1. The molecule has 1 N–H and O–H groups in total. The molecule has 0 aliphatic carbocycles. The van der Waals surface area contributed by atoms with E-state index >= 15 is 0 Å². The number of rotatable bonds is 4. The molecule has 0 bridgehead atoms. The monoisotopic (exact) mass is 266 g/mol. The van der Waals surface area contributed by atoms with E-state index in [1.54, 1.807) is 19.0 Å². The third-order valence-electron chi connectivity index (χ3n) is 2.28. The van der Waals surface area contributed by atoms with Crippen LogP contribution in [0.15, 0.2) is 29.2 Å². The maximum Gasteiger partial charge on any atom is 0.235 e. The van der Waals surface area contributed by atoms with Gasteiger partial charge in [0, 0.05) is 31.6 Å². The fourth-order valence-electron chi connectivity index (χ4n) is 1.44. The molecule has 1 aromatic rings. The fourth-order valence-corrected chi connectivity index (χ4v) is 2.45. The second-order valence-corrected chi connectivity index (χ2v) is 5.61. The van der Waals surface area contributed by atoms with Gasteiger partial charge in [-0.25, -0.2) is 0 Å². The van der Waals surface area contributed by atoms with Crippen molar-refractivity contribution in [3.05, 3.63) is 24.3 Å². The first-order valence-electron chi connectivity index (χ1n) is 5.65. The summed E-state index contributed by atoms with van der Waals surface area (Å²) in [5.74, 6) is -0.00232. The standard InChI is InChI=1S/C13H18N2O2S/c1-9(13(17)15(3)4)18-12-7-5-11(6-8-12)14-10(2)16/h5-9H,1-4H3,(H,14,16)/t9-/m1/s1. The van der Waals surface area contributed by atoms with Gasteiger partial charge in [-0.2, -0.15) is 0 Å². The number of amides is 2. The normalized spacial score (nSPS) is 11.8. The number of nitrogens with zero attached hydrogens (tertiary/aromatic N) is 1. The van der Waals surface area contributed by atoms with Crippen molar-refractivity contribution in [2.45, 2.75) is 24.0 Å². The first-order valence-corrected chi connectivity index (χ1v) is 6.53. The van der Waals surface area contributed by atoms with Crippen LogP contribution in [0.5, 0.6) is 0 Å². The Morgan fingerprint density at radius 3 is 2.22 bits per heavy atom. The number of benzene rings is 1. The van der Waals surface area contributed by atoms with Crippen LogP contribution in [0.1, 0.15) is 13.8 Å². The van der Waals surface area contributed by atoms with E-state index < -0.39 is 0 Å². The molecule has 0 aromatic heterocycles.